The molecule has 1 aromatic rings. The van der Waals surface area contributed by atoms with Gasteiger partial charge in [0.05, 0.1) is 6.04 Å². The Balaban J connectivity index is 1.77. The van der Waals surface area contributed by atoms with Crippen LogP contribution in [0.15, 0.2) is 12.3 Å². The molecule has 2 fully saturated rings. The number of fused-ring (bicyclic) bond motifs is 3. The van der Waals surface area contributed by atoms with Gasteiger partial charge in [-0.25, -0.2) is 4.98 Å². The molecular formula is C15H20N2O. The zero-order valence-electron chi connectivity index (χ0n) is 11.1. The first-order valence-electron chi connectivity index (χ1n) is 7.07. The summed E-state index contributed by atoms with van der Waals surface area (Å²) < 4.78 is 6.05. The molecule has 0 amide bonds. The third-order valence-corrected chi connectivity index (χ3v) is 4.80. The molecule has 3 heterocycles. The van der Waals surface area contributed by atoms with Crippen molar-refractivity contribution in [3.63, 3.8) is 0 Å². The first kappa shape index (κ1) is 10.7. The van der Waals surface area contributed by atoms with Crippen LogP contribution in [0.25, 0.3) is 0 Å². The number of nitrogens with zero attached hydrogens (tertiary/aromatic N) is 2. The van der Waals surface area contributed by atoms with Gasteiger partial charge in [-0.15, -0.1) is 0 Å². The second-order valence-electron chi connectivity index (χ2n) is 6.50. The van der Waals surface area contributed by atoms with E-state index in [4.69, 9.17) is 4.74 Å². The molecule has 0 N–H and O–H groups in total. The van der Waals surface area contributed by atoms with Crippen molar-refractivity contribution in [3.05, 3.63) is 17.8 Å². The topological polar surface area (TPSA) is 25.4 Å². The summed E-state index contributed by atoms with van der Waals surface area (Å²) >= 11 is 0. The van der Waals surface area contributed by atoms with E-state index in [-0.39, 0.29) is 0 Å². The number of ether oxygens (including phenoxy) is 1. The highest BCUT2D eigenvalue weighted by molar-refractivity contribution is 5.60. The van der Waals surface area contributed by atoms with Gasteiger partial charge < -0.3 is 9.64 Å². The van der Waals surface area contributed by atoms with Gasteiger partial charge in [-0.1, -0.05) is 13.8 Å². The van der Waals surface area contributed by atoms with E-state index in [1.807, 2.05) is 6.20 Å². The maximum atomic E-state index is 6.05. The lowest BCUT2D eigenvalue weighted by Crippen LogP contribution is -2.39. The minimum absolute atomic E-state index is 0.496. The zero-order valence-corrected chi connectivity index (χ0v) is 11.1. The standard InChI is InChI=1S/C15H20N2O/c1-10(2)12-3-6-16-14-13(12)18-8-11-7-15(4-5-15)9-17(11)14/h3,6,10-11H,4-5,7-9H2,1-2H3. The smallest absolute Gasteiger partial charge is 0.172 e. The average Bonchev–Trinajstić information content (AvgIpc) is 2.99. The maximum absolute atomic E-state index is 6.05. The quantitative estimate of drug-likeness (QED) is 0.759. The Morgan fingerprint density at radius 1 is 1.44 bits per heavy atom. The molecule has 1 aliphatic carbocycles. The highest BCUT2D eigenvalue weighted by Gasteiger charge is 2.54. The van der Waals surface area contributed by atoms with E-state index in [1.54, 1.807) is 0 Å². The van der Waals surface area contributed by atoms with Crippen LogP contribution in [0.2, 0.25) is 0 Å². The Labute approximate surface area is 108 Å². The van der Waals surface area contributed by atoms with Crippen molar-refractivity contribution >= 4 is 5.82 Å². The number of hydrogen-bond acceptors (Lipinski definition) is 3. The predicted molar refractivity (Wildman–Crippen MR) is 71.2 cm³/mol. The third kappa shape index (κ3) is 1.39. The Bertz CT molecular complexity index is 493. The van der Waals surface area contributed by atoms with Gasteiger partial charge in [0, 0.05) is 18.3 Å². The number of hydrogen-bond donors (Lipinski definition) is 0. The molecular weight excluding hydrogens is 224 g/mol. The molecule has 1 aromatic heterocycles. The molecule has 96 valence electrons. The van der Waals surface area contributed by atoms with Crippen molar-refractivity contribution in [2.75, 3.05) is 18.1 Å². The minimum atomic E-state index is 0.496. The van der Waals surface area contributed by atoms with Gasteiger partial charge >= 0.3 is 0 Å². The summed E-state index contributed by atoms with van der Waals surface area (Å²) in [6.45, 7) is 6.48. The predicted octanol–water partition coefficient (Wildman–Crippen LogP) is 2.96. The van der Waals surface area contributed by atoms with Gasteiger partial charge in [0.25, 0.3) is 0 Å². The SMILES string of the molecule is CC(C)c1ccnc2c1OCC1CC3(CC3)CN21. The molecule has 3 nitrogen and oxygen atoms in total. The van der Waals surface area contributed by atoms with Crippen molar-refractivity contribution in [2.24, 2.45) is 5.41 Å². The van der Waals surface area contributed by atoms with Gasteiger partial charge in [-0.05, 0) is 36.7 Å². The van der Waals surface area contributed by atoms with E-state index in [9.17, 15) is 0 Å². The summed E-state index contributed by atoms with van der Waals surface area (Å²) in [5, 5.41) is 0. The van der Waals surface area contributed by atoms with Gasteiger partial charge in [0.1, 0.15) is 6.61 Å². The lowest BCUT2D eigenvalue weighted by Gasteiger charge is -2.33. The van der Waals surface area contributed by atoms with Crippen LogP contribution < -0.4 is 9.64 Å². The Hall–Kier alpha value is -1.25. The highest BCUT2D eigenvalue weighted by atomic mass is 16.5. The van der Waals surface area contributed by atoms with Crippen LogP contribution in [-0.4, -0.2) is 24.2 Å². The van der Waals surface area contributed by atoms with E-state index in [1.165, 1.54) is 31.4 Å². The van der Waals surface area contributed by atoms with E-state index in [0.717, 1.165) is 18.2 Å². The fraction of sp³-hybridized carbons (Fsp3) is 0.667. The fourth-order valence-corrected chi connectivity index (χ4v) is 3.54. The third-order valence-electron chi connectivity index (χ3n) is 4.80. The molecule has 1 saturated carbocycles. The van der Waals surface area contributed by atoms with Crippen molar-refractivity contribution < 1.29 is 4.74 Å². The molecule has 1 spiro atoms. The Kier molecular flexibility index (Phi) is 2.01. The second-order valence-corrected chi connectivity index (χ2v) is 6.50. The van der Waals surface area contributed by atoms with Gasteiger partial charge in [-0.2, -0.15) is 0 Å². The van der Waals surface area contributed by atoms with Crippen LogP contribution in [0.5, 0.6) is 5.75 Å². The number of rotatable bonds is 1. The zero-order chi connectivity index (χ0) is 12.3. The molecule has 4 rings (SSSR count). The lowest BCUT2D eigenvalue weighted by molar-refractivity contribution is 0.263. The largest absolute Gasteiger partial charge is 0.487 e. The molecule has 0 radical (unpaired) electrons. The van der Waals surface area contributed by atoms with Crippen molar-refractivity contribution in [1.82, 2.24) is 4.98 Å². The van der Waals surface area contributed by atoms with Crippen LogP contribution >= 0.6 is 0 Å². The highest BCUT2D eigenvalue weighted by Crippen LogP contribution is 2.57. The summed E-state index contributed by atoms with van der Waals surface area (Å²) in [6, 6.07) is 2.67. The summed E-state index contributed by atoms with van der Waals surface area (Å²) in [4.78, 5) is 7.11. The summed E-state index contributed by atoms with van der Waals surface area (Å²) in [7, 11) is 0. The summed E-state index contributed by atoms with van der Waals surface area (Å²) in [6.07, 6.45) is 6.05. The molecule has 1 saturated heterocycles. The Morgan fingerprint density at radius 3 is 3.00 bits per heavy atom. The van der Waals surface area contributed by atoms with Crippen LogP contribution in [0, 0.1) is 5.41 Å². The average molecular weight is 244 g/mol. The molecule has 2 aliphatic heterocycles. The minimum Gasteiger partial charge on any atom is -0.487 e. The first-order valence-corrected chi connectivity index (χ1v) is 7.07. The lowest BCUT2D eigenvalue weighted by atomic mass is 10.0. The van der Waals surface area contributed by atoms with Crippen LogP contribution in [0.1, 0.15) is 44.6 Å². The van der Waals surface area contributed by atoms with E-state index in [0.29, 0.717) is 17.4 Å². The number of aromatic nitrogens is 1. The maximum Gasteiger partial charge on any atom is 0.172 e. The monoisotopic (exact) mass is 244 g/mol. The van der Waals surface area contributed by atoms with E-state index < -0.39 is 0 Å². The molecule has 0 aromatic carbocycles. The molecule has 18 heavy (non-hydrogen) atoms. The molecule has 3 aliphatic rings. The second kappa shape index (κ2) is 3.40. The molecule has 1 unspecified atom stereocenters. The van der Waals surface area contributed by atoms with Crippen molar-refractivity contribution in [3.8, 4) is 5.75 Å². The van der Waals surface area contributed by atoms with Gasteiger partial charge in [0.15, 0.2) is 11.6 Å². The van der Waals surface area contributed by atoms with Crippen LogP contribution in [0.4, 0.5) is 5.82 Å². The number of pyridine rings is 1. The van der Waals surface area contributed by atoms with Gasteiger partial charge in [-0.3, -0.25) is 0 Å². The van der Waals surface area contributed by atoms with E-state index in [2.05, 4.69) is 29.8 Å². The normalized spacial score (nSPS) is 27.1. The molecule has 1 atom stereocenters. The Morgan fingerprint density at radius 2 is 2.28 bits per heavy atom. The first-order chi connectivity index (χ1) is 8.69. The van der Waals surface area contributed by atoms with Crippen molar-refractivity contribution in [1.29, 1.82) is 0 Å². The molecule has 0 bridgehead atoms. The fourth-order valence-electron chi connectivity index (χ4n) is 3.54. The van der Waals surface area contributed by atoms with Gasteiger partial charge in [0.2, 0.25) is 0 Å². The summed E-state index contributed by atoms with van der Waals surface area (Å²) in [5.74, 6) is 2.64. The number of anilines is 1. The van der Waals surface area contributed by atoms with Crippen molar-refractivity contribution in [2.45, 2.75) is 45.1 Å². The van der Waals surface area contributed by atoms with E-state index >= 15 is 0 Å². The summed E-state index contributed by atoms with van der Waals surface area (Å²) in [5.41, 5.74) is 1.92. The molecule has 3 heteroatoms. The van der Waals surface area contributed by atoms with Crippen LogP contribution in [-0.2, 0) is 0 Å². The van der Waals surface area contributed by atoms with Crippen LogP contribution in [0.3, 0.4) is 0 Å².